The summed E-state index contributed by atoms with van der Waals surface area (Å²) in [4.78, 5) is 18.8. The molecule has 2 fully saturated rings. The van der Waals surface area contributed by atoms with Crippen LogP contribution in [-0.2, 0) is 11.2 Å². The molecule has 0 spiro atoms. The van der Waals surface area contributed by atoms with Crippen LogP contribution >= 0.6 is 0 Å². The zero-order valence-electron chi connectivity index (χ0n) is 16.2. The fraction of sp³-hybridized carbons (Fsp3) is 0.714. The number of rotatable bonds is 5. The summed E-state index contributed by atoms with van der Waals surface area (Å²) in [7, 11) is 0. The van der Waals surface area contributed by atoms with Crippen LogP contribution in [0.1, 0.15) is 57.9 Å². The third kappa shape index (κ3) is 5.44. The predicted molar refractivity (Wildman–Crippen MR) is 104 cm³/mol. The van der Waals surface area contributed by atoms with Gasteiger partial charge < -0.3 is 9.64 Å². The van der Waals surface area contributed by atoms with Gasteiger partial charge in [-0.15, -0.1) is 0 Å². The number of aromatic nitrogens is 1. The van der Waals surface area contributed by atoms with Crippen LogP contribution < -0.4 is 5.32 Å². The van der Waals surface area contributed by atoms with E-state index in [1.807, 2.05) is 17.2 Å². The van der Waals surface area contributed by atoms with Crippen molar-refractivity contribution in [1.82, 2.24) is 9.88 Å². The third-order valence-electron chi connectivity index (χ3n) is 5.64. The van der Waals surface area contributed by atoms with E-state index in [2.05, 4.69) is 30.2 Å². The van der Waals surface area contributed by atoms with E-state index in [9.17, 15) is 4.79 Å². The number of nitrogens with zero attached hydrogens (tertiary/aromatic N) is 2. The van der Waals surface area contributed by atoms with E-state index in [1.54, 1.807) is 0 Å². The van der Waals surface area contributed by atoms with Crippen molar-refractivity contribution in [1.29, 1.82) is 0 Å². The van der Waals surface area contributed by atoms with E-state index < -0.39 is 0 Å². The SMILES string of the molecule is CC(C)CCc1ccc(NC(=O)N2CCC(C3CCCCO3)CC2)nc1. The number of piperidine rings is 1. The average molecular weight is 360 g/mol. The summed E-state index contributed by atoms with van der Waals surface area (Å²) in [6, 6.07) is 3.95. The second kappa shape index (κ2) is 9.36. The number of nitrogens with one attached hydrogen (secondary N) is 1. The van der Waals surface area contributed by atoms with Crippen molar-refractivity contribution < 1.29 is 9.53 Å². The molecular weight excluding hydrogens is 326 g/mol. The van der Waals surface area contributed by atoms with Gasteiger partial charge in [-0.05, 0) is 68.4 Å². The standard InChI is InChI=1S/C21H33N3O2/c1-16(2)6-7-17-8-9-20(22-15-17)23-21(25)24-12-10-18(11-13-24)19-5-3-4-14-26-19/h8-9,15-16,18-19H,3-7,10-14H2,1-2H3,(H,22,23,25). The first kappa shape index (κ1) is 19.2. The normalized spacial score (nSPS) is 21.8. The van der Waals surface area contributed by atoms with Gasteiger partial charge >= 0.3 is 6.03 Å². The molecular formula is C21H33N3O2. The number of amides is 2. The smallest absolute Gasteiger partial charge is 0.323 e. The fourth-order valence-electron chi connectivity index (χ4n) is 3.90. The first-order valence-corrected chi connectivity index (χ1v) is 10.2. The Balaban J connectivity index is 1.43. The fourth-order valence-corrected chi connectivity index (χ4v) is 3.90. The lowest BCUT2D eigenvalue weighted by atomic mass is 9.87. The Morgan fingerprint density at radius 1 is 1.27 bits per heavy atom. The summed E-state index contributed by atoms with van der Waals surface area (Å²) in [5, 5.41) is 2.94. The molecule has 1 aromatic heterocycles. The van der Waals surface area contributed by atoms with Crippen molar-refractivity contribution >= 4 is 11.8 Å². The highest BCUT2D eigenvalue weighted by atomic mass is 16.5. The number of carbonyl (C=O) groups is 1. The highest BCUT2D eigenvalue weighted by Gasteiger charge is 2.30. The molecule has 3 rings (SSSR count). The molecule has 0 bridgehead atoms. The van der Waals surface area contributed by atoms with E-state index in [0.29, 0.717) is 23.8 Å². The van der Waals surface area contributed by atoms with Gasteiger partial charge in [0, 0.05) is 25.9 Å². The predicted octanol–water partition coefficient (Wildman–Crippen LogP) is 4.48. The zero-order chi connectivity index (χ0) is 18.4. The number of ether oxygens (including phenoxy) is 1. The van der Waals surface area contributed by atoms with Gasteiger partial charge in [-0.3, -0.25) is 5.32 Å². The van der Waals surface area contributed by atoms with Crippen molar-refractivity contribution in [3.05, 3.63) is 23.9 Å². The van der Waals surface area contributed by atoms with Crippen LogP contribution in [0, 0.1) is 11.8 Å². The summed E-state index contributed by atoms with van der Waals surface area (Å²) in [6.07, 6.45) is 10.2. The molecule has 2 aliphatic heterocycles. The minimum Gasteiger partial charge on any atom is -0.378 e. The van der Waals surface area contributed by atoms with Crippen LogP contribution in [0.3, 0.4) is 0 Å². The molecule has 1 N–H and O–H groups in total. The van der Waals surface area contributed by atoms with E-state index in [-0.39, 0.29) is 6.03 Å². The Morgan fingerprint density at radius 2 is 2.08 bits per heavy atom. The molecule has 1 aromatic rings. The minimum absolute atomic E-state index is 0.0320. The van der Waals surface area contributed by atoms with Crippen LogP contribution in [0.2, 0.25) is 0 Å². The molecule has 2 amide bonds. The monoisotopic (exact) mass is 359 g/mol. The van der Waals surface area contributed by atoms with Gasteiger partial charge in [0.25, 0.3) is 0 Å². The first-order valence-electron chi connectivity index (χ1n) is 10.2. The van der Waals surface area contributed by atoms with Gasteiger partial charge in [-0.2, -0.15) is 0 Å². The molecule has 5 nitrogen and oxygen atoms in total. The molecule has 3 heterocycles. The summed E-state index contributed by atoms with van der Waals surface area (Å²) in [5.41, 5.74) is 1.23. The molecule has 5 heteroatoms. The van der Waals surface area contributed by atoms with Gasteiger partial charge in [0.2, 0.25) is 0 Å². The highest BCUT2D eigenvalue weighted by Crippen LogP contribution is 2.28. The van der Waals surface area contributed by atoms with Gasteiger partial charge in [0.15, 0.2) is 0 Å². The first-order chi connectivity index (χ1) is 12.6. The molecule has 26 heavy (non-hydrogen) atoms. The Bertz CT molecular complexity index is 559. The third-order valence-corrected chi connectivity index (χ3v) is 5.64. The molecule has 0 radical (unpaired) electrons. The Labute approximate surface area is 157 Å². The molecule has 144 valence electrons. The van der Waals surface area contributed by atoms with Crippen LogP contribution in [0.25, 0.3) is 0 Å². The van der Waals surface area contributed by atoms with Crippen molar-refractivity contribution in [3.63, 3.8) is 0 Å². The van der Waals surface area contributed by atoms with Crippen LogP contribution in [-0.4, -0.2) is 41.7 Å². The lowest BCUT2D eigenvalue weighted by molar-refractivity contribution is -0.0345. The molecule has 2 aliphatic rings. The zero-order valence-corrected chi connectivity index (χ0v) is 16.2. The maximum atomic E-state index is 12.5. The van der Waals surface area contributed by atoms with Crippen LogP contribution in [0.5, 0.6) is 0 Å². The van der Waals surface area contributed by atoms with Crippen molar-refractivity contribution in [3.8, 4) is 0 Å². The van der Waals surface area contributed by atoms with Crippen LogP contribution in [0.4, 0.5) is 10.6 Å². The summed E-state index contributed by atoms with van der Waals surface area (Å²) in [6.45, 7) is 6.98. The number of urea groups is 1. The molecule has 1 atom stereocenters. The maximum absolute atomic E-state index is 12.5. The summed E-state index contributed by atoms with van der Waals surface area (Å²) < 4.78 is 5.93. The highest BCUT2D eigenvalue weighted by molar-refractivity contribution is 5.88. The molecule has 0 saturated carbocycles. The Hall–Kier alpha value is -1.62. The number of carbonyl (C=O) groups excluding carboxylic acids is 1. The van der Waals surface area contributed by atoms with Crippen molar-refractivity contribution in [2.75, 3.05) is 25.0 Å². The quantitative estimate of drug-likeness (QED) is 0.843. The van der Waals surface area contributed by atoms with E-state index >= 15 is 0 Å². The van der Waals surface area contributed by atoms with Gasteiger partial charge in [0.1, 0.15) is 5.82 Å². The number of hydrogen-bond donors (Lipinski definition) is 1. The lowest BCUT2D eigenvalue weighted by Crippen LogP contribution is -2.44. The van der Waals surface area contributed by atoms with Crippen LogP contribution in [0.15, 0.2) is 18.3 Å². The molecule has 0 aromatic carbocycles. The lowest BCUT2D eigenvalue weighted by Gasteiger charge is -2.37. The molecule has 0 aliphatic carbocycles. The topological polar surface area (TPSA) is 54.5 Å². The van der Waals surface area contributed by atoms with E-state index in [0.717, 1.165) is 45.4 Å². The number of likely N-dealkylation sites (tertiary alicyclic amines) is 1. The number of hydrogen-bond acceptors (Lipinski definition) is 3. The Morgan fingerprint density at radius 3 is 2.69 bits per heavy atom. The number of pyridine rings is 1. The second-order valence-electron chi connectivity index (χ2n) is 8.14. The van der Waals surface area contributed by atoms with E-state index in [1.165, 1.54) is 24.8 Å². The molecule has 1 unspecified atom stereocenters. The second-order valence-corrected chi connectivity index (χ2v) is 8.14. The number of aryl methyl sites for hydroxylation is 1. The summed E-state index contributed by atoms with van der Waals surface area (Å²) >= 11 is 0. The van der Waals surface area contributed by atoms with Gasteiger partial charge in [-0.25, -0.2) is 9.78 Å². The maximum Gasteiger partial charge on any atom is 0.323 e. The minimum atomic E-state index is -0.0320. The van der Waals surface area contributed by atoms with E-state index in [4.69, 9.17) is 4.74 Å². The largest absolute Gasteiger partial charge is 0.378 e. The molecule has 2 saturated heterocycles. The van der Waals surface area contributed by atoms with Crippen molar-refractivity contribution in [2.45, 2.75) is 64.9 Å². The van der Waals surface area contributed by atoms with Gasteiger partial charge in [0.05, 0.1) is 6.10 Å². The average Bonchev–Trinajstić information content (AvgIpc) is 2.68. The Kier molecular flexibility index (Phi) is 6.89. The summed E-state index contributed by atoms with van der Waals surface area (Å²) in [5.74, 6) is 1.94. The van der Waals surface area contributed by atoms with Crippen molar-refractivity contribution in [2.24, 2.45) is 11.8 Å². The van der Waals surface area contributed by atoms with Gasteiger partial charge in [-0.1, -0.05) is 19.9 Å². The number of anilines is 1.